The quantitative estimate of drug-likeness (QED) is 0.515. The van der Waals surface area contributed by atoms with E-state index in [1.165, 1.54) is 6.08 Å². The molecule has 0 aliphatic carbocycles. The molecule has 1 aliphatic heterocycles. The highest BCUT2D eigenvalue weighted by Gasteiger charge is 2.34. The summed E-state index contributed by atoms with van der Waals surface area (Å²) in [4.78, 5) is 37.8. The molecule has 1 aliphatic rings. The number of hydrogen-bond acceptors (Lipinski definition) is 4. The highest BCUT2D eigenvalue weighted by molar-refractivity contribution is 6.32. The Bertz CT molecular complexity index is 991. The molecule has 1 atom stereocenters. The number of benzene rings is 2. The summed E-state index contributed by atoms with van der Waals surface area (Å²) in [6.07, 6.45) is 2.38. The van der Waals surface area contributed by atoms with Crippen molar-refractivity contribution >= 4 is 41.2 Å². The van der Waals surface area contributed by atoms with Crippen molar-refractivity contribution in [1.29, 1.82) is 0 Å². The zero-order valence-electron chi connectivity index (χ0n) is 16.6. The molecule has 0 radical (unpaired) electrons. The molecule has 0 unspecified atom stereocenters. The number of ether oxygens (including phenoxy) is 1. The van der Waals surface area contributed by atoms with Gasteiger partial charge in [0.25, 0.3) is 5.91 Å². The van der Waals surface area contributed by atoms with Crippen LogP contribution in [0, 0.1) is 0 Å². The van der Waals surface area contributed by atoms with Crippen LogP contribution in [-0.2, 0) is 9.59 Å². The van der Waals surface area contributed by atoms with Crippen LogP contribution in [-0.4, -0.2) is 35.4 Å². The summed E-state index contributed by atoms with van der Waals surface area (Å²) in [5, 5.41) is 5.54. The molecule has 0 bridgehead atoms. The Morgan fingerprint density at radius 2 is 1.97 bits per heavy atom. The maximum absolute atomic E-state index is 12.6. The van der Waals surface area contributed by atoms with Crippen LogP contribution in [0.5, 0.6) is 5.75 Å². The van der Waals surface area contributed by atoms with Crippen LogP contribution in [0.4, 0.5) is 10.5 Å². The fourth-order valence-corrected chi connectivity index (χ4v) is 2.98. The lowest BCUT2D eigenvalue weighted by Gasteiger charge is -2.14. The van der Waals surface area contributed by atoms with Gasteiger partial charge in [-0.1, -0.05) is 42.8 Å². The third kappa shape index (κ3) is 5.18. The van der Waals surface area contributed by atoms with E-state index in [9.17, 15) is 14.4 Å². The van der Waals surface area contributed by atoms with Crippen molar-refractivity contribution in [2.45, 2.75) is 26.4 Å². The fourth-order valence-electron chi connectivity index (χ4n) is 2.75. The maximum atomic E-state index is 12.6. The van der Waals surface area contributed by atoms with Crippen molar-refractivity contribution in [3.8, 4) is 5.75 Å². The largest absolute Gasteiger partial charge is 0.489 e. The van der Waals surface area contributed by atoms with E-state index < -0.39 is 17.8 Å². The number of hydrogen-bond donors (Lipinski definition) is 2. The lowest BCUT2D eigenvalue weighted by molar-refractivity contribution is -0.127. The molecule has 7 nitrogen and oxygen atoms in total. The number of amides is 4. The molecule has 8 heteroatoms. The monoisotopic (exact) mass is 427 g/mol. The van der Waals surface area contributed by atoms with Gasteiger partial charge in [0.1, 0.15) is 18.0 Å². The van der Waals surface area contributed by atoms with Gasteiger partial charge in [0, 0.05) is 5.69 Å². The molecule has 1 heterocycles. The third-order valence-corrected chi connectivity index (χ3v) is 4.79. The number of rotatable bonds is 7. The minimum absolute atomic E-state index is 0.0259. The lowest BCUT2D eigenvalue weighted by atomic mass is 10.1. The van der Waals surface area contributed by atoms with Gasteiger partial charge in [-0.2, -0.15) is 0 Å². The van der Waals surface area contributed by atoms with Gasteiger partial charge in [0.05, 0.1) is 11.1 Å². The van der Waals surface area contributed by atoms with Crippen molar-refractivity contribution in [3.63, 3.8) is 0 Å². The summed E-state index contributed by atoms with van der Waals surface area (Å²) >= 11 is 6.27. The van der Waals surface area contributed by atoms with E-state index in [4.69, 9.17) is 16.3 Å². The molecule has 3 rings (SSSR count). The Morgan fingerprint density at radius 3 is 2.63 bits per heavy atom. The second kappa shape index (κ2) is 9.45. The molecule has 30 heavy (non-hydrogen) atoms. The highest BCUT2D eigenvalue weighted by Crippen LogP contribution is 2.28. The molecule has 0 saturated carbocycles. The van der Waals surface area contributed by atoms with Gasteiger partial charge < -0.3 is 15.4 Å². The van der Waals surface area contributed by atoms with Crippen LogP contribution in [0.25, 0.3) is 6.08 Å². The number of anilines is 1. The van der Waals surface area contributed by atoms with Crippen LogP contribution in [0.1, 0.15) is 25.8 Å². The van der Waals surface area contributed by atoms with Gasteiger partial charge in [-0.3, -0.25) is 9.59 Å². The van der Waals surface area contributed by atoms with E-state index in [0.717, 1.165) is 11.3 Å². The van der Waals surface area contributed by atoms with Gasteiger partial charge >= 0.3 is 6.03 Å². The minimum Gasteiger partial charge on any atom is -0.489 e. The SMILES string of the molecule is CC[C@@H](C)Oc1ccc(/C=C2\NC(=O)N(CC(=O)Nc3ccccc3)C2=O)cc1Cl. The summed E-state index contributed by atoms with van der Waals surface area (Å²) < 4.78 is 5.73. The second-order valence-corrected chi connectivity index (χ2v) is 7.23. The molecule has 156 valence electrons. The van der Waals surface area contributed by atoms with E-state index in [1.54, 1.807) is 42.5 Å². The van der Waals surface area contributed by atoms with Crippen LogP contribution >= 0.6 is 11.6 Å². The molecular formula is C22H22ClN3O4. The Labute approximate surface area is 179 Å². The van der Waals surface area contributed by atoms with Gasteiger partial charge in [-0.15, -0.1) is 0 Å². The number of halogens is 1. The summed E-state index contributed by atoms with van der Waals surface area (Å²) in [7, 11) is 0. The summed E-state index contributed by atoms with van der Waals surface area (Å²) in [6, 6.07) is 13.2. The normalized spacial score (nSPS) is 15.8. The average Bonchev–Trinajstić information content (AvgIpc) is 2.98. The molecule has 1 saturated heterocycles. The molecule has 1 fully saturated rings. The zero-order valence-corrected chi connectivity index (χ0v) is 17.4. The number of carbonyl (C=O) groups excluding carboxylic acids is 3. The van der Waals surface area contributed by atoms with E-state index >= 15 is 0 Å². The number of nitrogens with zero attached hydrogens (tertiary/aromatic N) is 1. The van der Waals surface area contributed by atoms with Crippen molar-refractivity contribution in [1.82, 2.24) is 10.2 Å². The fraction of sp³-hybridized carbons (Fsp3) is 0.227. The zero-order chi connectivity index (χ0) is 21.7. The number of nitrogens with one attached hydrogen (secondary N) is 2. The van der Waals surface area contributed by atoms with Crippen LogP contribution < -0.4 is 15.4 Å². The van der Waals surface area contributed by atoms with Crippen LogP contribution in [0.2, 0.25) is 5.02 Å². The Morgan fingerprint density at radius 1 is 1.23 bits per heavy atom. The first kappa shape index (κ1) is 21.4. The van der Waals surface area contributed by atoms with Gasteiger partial charge in [0.2, 0.25) is 5.91 Å². The Balaban J connectivity index is 1.68. The Kier molecular flexibility index (Phi) is 6.74. The standard InChI is InChI=1S/C22H22ClN3O4/c1-3-14(2)30-19-10-9-15(11-17(19)23)12-18-21(28)26(22(29)25-18)13-20(27)24-16-7-5-4-6-8-16/h4-12,14H,3,13H2,1-2H3,(H,24,27)(H,25,29)/b18-12-/t14-/m1/s1. The number of carbonyl (C=O) groups is 3. The van der Waals surface area contributed by atoms with Crippen molar-refractivity contribution in [3.05, 3.63) is 64.8 Å². The smallest absolute Gasteiger partial charge is 0.329 e. The van der Waals surface area contributed by atoms with E-state index in [0.29, 0.717) is 22.0 Å². The molecule has 0 aromatic heterocycles. The number of imide groups is 1. The van der Waals surface area contributed by atoms with Crippen LogP contribution in [0.3, 0.4) is 0 Å². The molecule has 4 amide bonds. The van der Waals surface area contributed by atoms with Crippen molar-refractivity contribution in [2.24, 2.45) is 0 Å². The topological polar surface area (TPSA) is 87.7 Å². The number of para-hydroxylation sites is 1. The highest BCUT2D eigenvalue weighted by atomic mass is 35.5. The van der Waals surface area contributed by atoms with Crippen LogP contribution in [0.15, 0.2) is 54.2 Å². The lowest BCUT2D eigenvalue weighted by Crippen LogP contribution is -2.38. The van der Waals surface area contributed by atoms with Gasteiger partial charge in [-0.05, 0) is 49.2 Å². The molecule has 2 aromatic rings. The first-order valence-electron chi connectivity index (χ1n) is 9.53. The Hall–Kier alpha value is -3.32. The van der Waals surface area contributed by atoms with E-state index in [2.05, 4.69) is 10.6 Å². The molecule has 2 aromatic carbocycles. The predicted octanol–water partition coefficient (Wildman–Crippen LogP) is 4.05. The van der Waals surface area contributed by atoms with Gasteiger partial charge in [-0.25, -0.2) is 9.69 Å². The number of urea groups is 1. The average molecular weight is 428 g/mol. The molecule has 2 N–H and O–H groups in total. The first-order chi connectivity index (χ1) is 14.4. The second-order valence-electron chi connectivity index (χ2n) is 6.82. The summed E-state index contributed by atoms with van der Waals surface area (Å²) in [5.74, 6) is -0.506. The summed E-state index contributed by atoms with van der Waals surface area (Å²) in [6.45, 7) is 3.57. The van der Waals surface area contributed by atoms with E-state index in [-0.39, 0.29) is 18.3 Å². The first-order valence-corrected chi connectivity index (χ1v) is 9.90. The van der Waals surface area contributed by atoms with E-state index in [1.807, 2.05) is 19.9 Å². The minimum atomic E-state index is -0.655. The van der Waals surface area contributed by atoms with Gasteiger partial charge in [0.15, 0.2) is 0 Å². The third-order valence-electron chi connectivity index (χ3n) is 4.49. The predicted molar refractivity (Wildman–Crippen MR) is 115 cm³/mol. The van der Waals surface area contributed by atoms with Crippen molar-refractivity contribution in [2.75, 3.05) is 11.9 Å². The maximum Gasteiger partial charge on any atom is 0.329 e. The summed E-state index contributed by atoms with van der Waals surface area (Å²) in [5.41, 5.74) is 1.27. The van der Waals surface area contributed by atoms with Crippen molar-refractivity contribution < 1.29 is 19.1 Å². The molecular weight excluding hydrogens is 406 g/mol. The molecule has 0 spiro atoms.